The summed E-state index contributed by atoms with van der Waals surface area (Å²) in [5, 5.41) is 2.45. The molecule has 0 unspecified atom stereocenters. The zero-order chi connectivity index (χ0) is 25.1. The summed E-state index contributed by atoms with van der Waals surface area (Å²) in [6.45, 7) is 7.01. The fourth-order valence-corrected chi connectivity index (χ4v) is 9.90. The van der Waals surface area contributed by atoms with Crippen LogP contribution in [-0.2, 0) is 5.41 Å². The maximum absolute atomic E-state index is 14.4. The van der Waals surface area contributed by atoms with Gasteiger partial charge in [0.1, 0.15) is 0 Å². The van der Waals surface area contributed by atoms with Gasteiger partial charge < -0.3 is 0 Å². The van der Waals surface area contributed by atoms with Crippen LogP contribution in [0.25, 0.3) is 16.8 Å². The van der Waals surface area contributed by atoms with Crippen LogP contribution >= 0.6 is 0 Å². The number of hydrogen-bond acceptors (Lipinski definition) is 2. The lowest BCUT2D eigenvalue weighted by Gasteiger charge is -2.65. The molecule has 2 saturated carbocycles. The van der Waals surface area contributed by atoms with Crippen molar-refractivity contribution in [1.82, 2.24) is 13.9 Å². The lowest BCUT2D eigenvalue weighted by Crippen LogP contribution is -2.66. The summed E-state index contributed by atoms with van der Waals surface area (Å²) in [5.41, 5.74) is 1.61. The third-order valence-electron chi connectivity index (χ3n) is 12.3. The average molecular weight is 490 g/mol. The van der Waals surface area contributed by atoms with Gasteiger partial charge >= 0.3 is 11.4 Å². The van der Waals surface area contributed by atoms with E-state index in [0.717, 1.165) is 12.8 Å². The molecule has 5 aliphatic carbocycles. The van der Waals surface area contributed by atoms with Crippen molar-refractivity contribution in [3.8, 4) is 0 Å². The van der Waals surface area contributed by atoms with E-state index in [1.165, 1.54) is 28.3 Å². The van der Waals surface area contributed by atoms with Gasteiger partial charge in [0.15, 0.2) is 0 Å². The molecule has 0 saturated heterocycles. The molecule has 0 amide bonds. The Morgan fingerprint density at radius 2 is 1.62 bits per heavy atom. The summed E-state index contributed by atoms with van der Waals surface area (Å²) >= 11 is 0. The van der Waals surface area contributed by atoms with Gasteiger partial charge in [-0.25, -0.2) is 23.5 Å². The smallest absolute Gasteiger partial charge is 0.246 e. The van der Waals surface area contributed by atoms with Crippen LogP contribution in [0.4, 0.5) is 0 Å². The molecule has 3 aromatic rings. The molecular formula is C32H31N3O2. The molecule has 0 spiro atoms. The standard InChI is InChI=1S/C32H31N3O2/c1-29(2)21-13-14-30(29,3)25(18-21)33-27(36)34-23-10-11-24(35(34)28(33)37)32-17-16-31(23,32)15-12-20-9-8-19-6-4-5-7-22(19)26(20)32/h4-12,15-17,21,23-25H,13-14,18H2,1-3H3/t21-,23+,24+,25+,30-,31-,32+/m0/s1. The highest BCUT2D eigenvalue weighted by atomic mass is 16.2. The minimum Gasteiger partial charge on any atom is -0.246 e. The second-order valence-corrected chi connectivity index (χ2v) is 13.2. The third-order valence-corrected chi connectivity index (χ3v) is 12.3. The van der Waals surface area contributed by atoms with E-state index in [-0.39, 0.29) is 51.2 Å². The van der Waals surface area contributed by atoms with Crippen molar-refractivity contribution >= 4 is 16.8 Å². The Morgan fingerprint density at radius 3 is 2.32 bits per heavy atom. The molecule has 2 fully saturated rings. The van der Waals surface area contributed by atoms with Gasteiger partial charge in [-0.15, -0.1) is 0 Å². The molecule has 37 heavy (non-hydrogen) atoms. The first-order valence-corrected chi connectivity index (χ1v) is 13.8. The van der Waals surface area contributed by atoms with Crippen molar-refractivity contribution in [1.29, 1.82) is 0 Å². The van der Waals surface area contributed by atoms with Crippen molar-refractivity contribution in [3.05, 3.63) is 98.9 Å². The van der Waals surface area contributed by atoms with Crippen LogP contribution in [0.3, 0.4) is 0 Å². The normalized spacial score (nSPS) is 40.4. The van der Waals surface area contributed by atoms with E-state index in [9.17, 15) is 9.59 Å². The van der Waals surface area contributed by atoms with Crippen molar-refractivity contribution in [2.45, 2.75) is 63.6 Å². The number of allylic oxidation sites excluding steroid dienone is 5. The number of hydrogen-bond donors (Lipinski definition) is 0. The van der Waals surface area contributed by atoms with Crippen molar-refractivity contribution in [3.63, 3.8) is 0 Å². The Hall–Kier alpha value is -3.34. The van der Waals surface area contributed by atoms with E-state index in [1.807, 2.05) is 9.36 Å². The molecule has 0 N–H and O–H groups in total. The Balaban J connectivity index is 1.33. The number of benzene rings is 2. The quantitative estimate of drug-likeness (QED) is 0.422. The molecule has 10 rings (SSSR count). The van der Waals surface area contributed by atoms with Crippen LogP contribution < -0.4 is 11.4 Å². The van der Waals surface area contributed by atoms with E-state index in [2.05, 4.69) is 93.6 Å². The first kappa shape index (κ1) is 20.7. The van der Waals surface area contributed by atoms with Gasteiger partial charge in [-0.05, 0) is 57.9 Å². The molecule has 0 radical (unpaired) electrons. The molecule has 4 bridgehead atoms. The summed E-state index contributed by atoms with van der Waals surface area (Å²) in [4.78, 5) is 28.7. The molecule has 7 aliphatic rings. The van der Waals surface area contributed by atoms with E-state index in [1.54, 1.807) is 4.57 Å². The van der Waals surface area contributed by atoms with Crippen LogP contribution in [0.1, 0.15) is 69.3 Å². The lowest BCUT2D eigenvalue weighted by molar-refractivity contribution is 0.0448. The number of nitrogens with zero attached hydrogens (tertiary/aromatic N) is 3. The van der Waals surface area contributed by atoms with E-state index < -0.39 is 0 Å². The SMILES string of the molecule is CC1(C)[C@H]2CC[C@@]1(C)[C@H](n1c(=O)n3n(c1=O)[C@@H]1C=C[C@@H]3[C@@]34C=Cc5ccc6ccccc6c5[C@@]13C=C4)C2. The fourth-order valence-electron chi connectivity index (χ4n) is 9.90. The second kappa shape index (κ2) is 5.87. The average Bonchev–Trinajstić information content (AvgIpc) is 3.36. The molecule has 186 valence electrons. The van der Waals surface area contributed by atoms with Crippen LogP contribution in [0.2, 0.25) is 0 Å². The lowest BCUT2D eigenvalue weighted by atomic mass is 9.42. The Morgan fingerprint density at radius 1 is 0.865 bits per heavy atom. The Labute approximate surface area is 215 Å². The van der Waals surface area contributed by atoms with Gasteiger partial charge in [0.05, 0.1) is 17.5 Å². The van der Waals surface area contributed by atoms with Gasteiger partial charge in [0.25, 0.3) is 0 Å². The van der Waals surface area contributed by atoms with Gasteiger partial charge in [-0.2, -0.15) is 0 Å². The van der Waals surface area contributed by atoms with Crippen LogP contribution in [0.5, 0.6) is 0 Å². The van der Waals surface area contributed by atoms with Gasteiger partial charge in [-0.1, -0.05) is 93.6 Å². The summed E-state index contributed by atoms with van der Waals surface area (Å²) in [6.07, 6.45) is 16.7. The van der Waals surface area contributed by atoms with E-state index >= 15 is 0 Å². The minimum atomic E-state index is -0.377. The zero-order valence-corrected chi connectivity index (χ0v) is 21.5. The molecule has 2 aromatic carbocycles. The van der Waals surface area contributed by atoms with Crippen LogP contribution in [-0.4, -0.2) is 13.9 Å². The maximum Gasteiger partial charge on any atom is 0.348 e. The predicted molar refractivity (Wildman–Crippen MR) is 145 cm³/mol. The first-order valence-electron chi connectivity index (χ1n) is 13.8. The van der Waals surface area contributed by atoms with Crippen LogP contribution in [0, 0.1) is 22.2 Å². The van der Waals surface area contributed by atoms with Gasteiger partial charge in [-0.3, -0.25) is 0 Å². The molecular weight excluding hydrogens is 458 g/mol. The van der Waals surface area contributed by atoms with Crippen molar-refractivity contribution in [2.24, 2.45) is 22.2 Å². The molecule has 5 heteroatoms. The highest BCUT2D eigenvalue weighted by Gasteiger charge is 2.70. The van der Waals surface area contributed by atoms with Crippen LogP contribution in [0.15, 0.2) is 76.4 Å². The highest BCUT2D eigenvalue weighted by molar-refractivity contribution is 5.93. The Bertz CT molecular complexity index is 1800. The molecule has 5 nitrogen and oxygen atoms in total. The summed E-state index contributed by atoms with van der Waals surface area (Å²) in [5.74, 6) is 0.560. The Kier molecular flexibility index (Phi) is 3.28. The van der Waals surface area contributed by atoms with Crippen molar-refractivity contribution in [2.75, 3.05) is 0 Å². The second-order valence-electron chi connectivity index (χ2n) is 13.2. The molecule has 1 aromatic heterocycles. The molecule has 3 heterocycles. The first-order chi connectivity index (χ1) is 17.8. The fraction of sp³-hybridized carbons (Fsp3) is 0.438. The third kappa shape index (κ3) is 1.85. The molecule has 2 aliphatic heterocycles. The topological polar surface area (TPSA) is 48.9 Å². The number of aromatic nitrogens is 3. The minimum absolute atomic E-state index is 0.0439. The van der Waals surface area contributed by atoms with Gasteiger partial charge in [0, 0.05) is 11.5 Å². The monoisotopic (exact) mass is 489 g/mol. The summed E-state index contributed by atoms with van der Waals surface area (Å²) in [7, 11) is 0. The van der Waals surface area contributed by atoms with Gasteiger partial charge in [0.2, 0.25) is 0 Å². The zero-order valence-electron chi connectivity index (χ0n) is 21.5. The summed E-state index contributed by atoms with van der Waals surface area (Å²) < 4.78 is 5.32. The number of rotatable bonds is 1. The molecule has 7 atom stereocenters. The van der Waals surface area contributed by atoms with Crippen molar-refractivity contribution < 1.29 is 0 Å². The highest BCUT2D eigenvalue weighted by Crippen LogP contribution is 2.72. The maximum atomic E-state index is 14.4. The van der Waals surface area contributed by atoms with E-state index in [4.69, 9.17) is 0 Å². The largest absolute Gasteiger partial charge is 0.348 e. The number of fused-ring (bicyclic) bond motifs is 5. The summed E-state index contributed by atoms with van der Waals surface area (Å²) in [6, 6.07) is 12.5. The van der Waals surface area contributed by atoms with E-state index in [0.29, 0.717) is 5.92 Å². The predicted octanol–water partition coefficient (Wildman–Crippen LogP) is 5.54.